The fourth-order valence-corrected chi connectivity index (χ4v) is 2.23. The fourth-order valence-electron chi connectivity index (χ4n) is 2.23. The van der Waals surface area contributed by atoms with E-state index in [0.29, 0.717) is 37.1 Å². The summed E-state index contributed by atoms with van der Waals surface area (Å²) in [6.45, 7) is 8.47. The van der Waals surface area contributed by atoms with Crippen LogP contribution in [0.1, 0.15) is 36.9 Å². The minimum atomic E-state index is -0.319. The van der Waals surface area contributed by atoms with Crippen molar-refractivity contribution < 1.29 is 18.7 Å². The Bertz CT molecular complexity index is 429. The molecule has 1 aromatic heterocycles. The Kier molecular flexibility index (Phi) is 4.61. The van der Waals surface area contributed by atoms with Gasteiger partial charge in [0, 0.05) is 12.6 Å². The Hall–Kier alpha value is -1.33. The van der Waals surface area contributed by atoms with Crippen LogP contribution in [0.3, 0.4) is 0 Å². The number of furan rings is 1. The van der Waals surface area contributed by atoms with Crippen molar-refractivity contribution in [1.82, 2.24) is 4.90 Å². The summed E-state index contributed by atoms with van der Waals surface area (Å²) in [6, 6.07) is 1.98. The second kappa shape index (κ2) is 6.21. The quantitative estimate of drug-likeness (QED) is 0.782. The summed E-state index contributed by atoms with van der Waals surface area (Å²) < 4.78 is 16.0. The van der Waals surface area contributed by atoms with E-state index in [1.54, 1.807) is 13.0 Å². The van der Waals surface area contributed by atoms with Gasteiger partial charge in [-0.2, -0.15) is 0 Å². The number of ether oxygens (including phenoxy) is 2. The predicted molar refractivity (Wildman–Crippen MR) is 70.0 cm³/mol. The zero-order valence-electron chi connectivity index (χ0n) is 11.7. The van der Waals surface area contributed by atoms with Crippen molar-refractivity contribution in [3.05, 3.63) is 23.7 Å². The van der Waals surface area contributed by atoms with Crippen LogP contribution in [0.15, 0.2) is 16.7 Å². The summed E-state index contributed by atoms with van der Waals surface area (Å²) in [5, 5.41) is 0. The van der Waals surface area contributed by atoms with Gasteiger partial charge in [0.2, 0.25) is 0 Å². The lowest BCUT2D eigenvalue weighted by molar-refractivity contribution is -0.0546. The number of morpholine rings is 1. The highest BCUT2D eigenvalue weighted by Gasteiger charge is 2.26. The summed E-state index contributed by atoms with van der Waals surface area (Å²) in [7, 11) is 0. The first-order chi connectivity index (χ1) is 9.11. The van der Waals surface area contributed by atoms with Crippen LogP contribution in [0.5, 0.6) is 0 Å². The summed E-state index contributed by atoms with van der Waals surface area (Å²) in [4.78, 5) is 14.0. The van der Waals surface area contributed by atoms with E-state index in [1.807, 2.05) is 6.92 Å². The Balaban J connectivity index is 2.06. The van der Waals surface area contributed by atoms with Gasteiger partial charge < -0.3 is 13.9 Å². The third-order valence-electron chi connectivity index (χ3n) is 3.32. The highest BCUT2D eigenvalue weighted by molar-refractivity contribution is 5.90. The molecule has 0 unspecified atom stereocenters. The molecular formula is C14H21NO4. The molecule has 1 aromatic rings. The molecule has 1 aliphatic rings. The first-order valence-corrected chi connectivity index (χ1v) is 6.71. The summed E-state index contributed by atoms with van der Waals surface area (Å²) in [6.07, 6.45) is 1.74. The summed E-state index contributed by atoms with van der Waals surface area (Å²) in [5.74, 6) is 0.347. The third-order valence-corrected chi connectivity index (χ3v) is 3.32. The van der Waals surface area contributed by atoms with Crippen LogP contribution in [0.2, 0.25) is 0 Å². The van der Waals surface area contributed by atoms with E-state index < -0.39 is 0 Å². The van der Waals surface area contributed by atoms with Gasteiger partial charge in [-0.1, -0.05) is 0 Å². The zero-order chi connectivity index (χ0) is 13.8. The van der Waals surface area contributed by atoms with Crippen LogP contribution in [0.4, 0.5) is 0 Å². The molecule has 106 valence electrons. The lowest BCUT2D eigenvalue weighted by atomic mass is 10.1. The molecule has 0 spiro atoms. The lowest BCUT2D eigenvalue weighted by Gasteiger charge is -2.36. The monoisotopic (exact) mass is 267 g/mol. The SMILES string of the molecule is CCOC(=O)c1ccoc1CN1C[C@H](C)OC[C@@H]1C. The van der Waals surface area contributed by atoms with Crippen LogP contribution >= 0.6 is 0 Å². The number of carbonyl (C=O) groups excluding carboxylic acids is 1. The van der Waals surface area contributed by atoms with E-state index in [0.717, 1.165) is 6.54 Å². The molecule has 1 fully saturated rings. The Morgan fingerprint density at radius 2 is 2.32 bits per heavy atom. The average molecular weight is 267 g/mol. The van der Waals surface area contributed by atoms with Gasteiger partial charge >= 0.3 is 5.97 Å². The third kappa shape index (κ3) is 3.36. The van der Waals surface area contributed by atoms with Gasteiger partial charge in [0.15, 0.2) is 0 Å². The number of esters is 1. The highest BCUT2D eigenvalue weighted by atomic mass is 16.5. The molecule has 2 atom stereocenters. The van der Waals surface area contributed by atoms with Crippen LogP contribution in [-0.4, -0.2) is 42.8 Å². The first-order valence-electron chi connectivity index (χ1n) is 6.71. The molecule has 5 heteroatoms. The molecule has 0 aromatic carbocycles. The number of hydrogen-bond donors (Lipinski definition) is 0. The molecule has 0 saturated carbocycles. The van der Waals surface area contributed by atoms with Gasteiger partial charge in [0.05, 0.1) is 32.1 Å². The van der Waals surface area contributed by atoms with E-state index in [-0.39, 0.29) is 12.1 Å². The van der Waals surface area contributed by atoms with E-state index in [1.165, 1.54) is 6.26 Å². The maximum atomic E-state index is 11.8. The molecule has 1 saturated heterocycles. The minimum Gasteiger partial charge on any atom is -0.467 e. The van der Waals surface area contributed by atoms with E-state index in [4.69, 9.17) is 13.9 Å². The second-order valence-electron chi connectivity index (χ2n) is 4.90. The molecule has 2 heterocycles. The molecule has 2 rings (SSSR count). The van der Waals surface area contributed by atoms with Crippen LogP contribution in [-0.2, 0) is 16.0 Å². The normalized spacial score (nSPS) is 24.4. The molecule has 1 aliphatic heterocycles. The van der Waals surface area contributed by atoms with Gasteiger partial charge in [-0.15, -0.1) is 0 Å². The zero-order valence-corrected chi connectivity index (χ0v) is 11.7. The molecular weight excluding hydrogens is 246 g/mol. The topological polar surface area (TPSA) is 51.9 Å². The largest absolute Gasteiger partial charge is 0.467 e. The molecule has 0 N–H and O–H groups in total. The Morgan fingerprint density at radius 1 is 1.53 bits per heavy atom. The maximum absolute atomic E-state index is 11.8. The van der Waals surface area contributed by atoms with Crippen molar-refractivity contribution in [1.29, 1.82) is 0 Å². The number of carbonyl (C=O) groups is 1. The second-order valence-corrected chi connectivity index (χ2v) is 4.90. The molecule has 5 nitrogen and oxygen atoms in total. The Morgan fingerprint density at radius 3 is 3.05 bits per heavy atom. The fraction of sp³-hybridized carbons (Fsp3) is 0.643. The molecule has 0 bridgehead atoms. The van der Waals surface area contributed by atoms with Crippen molar-refractivity contribution >= 4 is 5.97 Å². The lowest BCUT2D eigenvalue weighted by Crippen LogP contribution is -2.46. The van der Waals surface area contributed by atoms with Crippen LogP contribution < -0.4 is 0 Å². The Labute approximate surface area is 113 Å². The first kappa shape index (κ1) is 14.1. The standard InChI is InChI=1S/C14H21NO4/c1-4-17-14(16)12-5-6-18-13(12)8-15-7-11(3)19-9-10(15)2/h5-6,10-11H,4,7-9H2,1-3H3/t10-,11-/m0/s1. The van der Waals surface area contributed by atoms with Gasteiger partial charge in [0.25, 0.3) is 0 Å². The summed E-state index contributed by atoms with van der Waals surface area (Å²) >= 11 is 0. The average Bonchev–Trinajstić information content (AvgIpc) is 2.82. The number of rotatable bonds is 4. The molecule has 0 radical (unpaired) electrons. The maximum Gasteiger partial charge on any atom is 0.341 e. The molecule has 0 amide bonds. The van der Waals surface area contributed by atoms with Gasteiger partial charge in [-0.05, 0) is 26.8 Å². The van der Waals surface area contributed by atoms with Gasteiger partial charge in [-0.3, -0.25) is 4.90 Å². The number of nitrogens with zero attached hydrogens (tertiary/aromatic N) is 1. The van der Waals surface area contributed by atoms with Crippen molar-refractivity contribution in [3.63, 3.8) is 0 Å². The van der Waals surface area contributed by atoms with E-state index in [2.05, 4.69) is 11.8 Å². The molecule has 0 aliphatic carbocycles. The van der Waals surface area contributed by atoms with Crippen molar-refractivity contribution in [2.45, 2.75) is 39.5 Å². The highest BCUT2D eigenvalue weighted by Crippen LogP contribution is 2.19. The van der Waals surface area contributed by atoms with Crippen molar-refractivity contribution in [3.8, 4) is 0 Å². The number of hydrogen-bond acceptors (Lipinski definition) is 5. The smallest absolute Gasteiger partial charge is 0.341 e. The van der Waals surface area contributed by atoms with E-state index >= 15 is 0 Å². The minimum absolute atomic E-state index is 0.206. The van der Waals surface area contributed by atoms with Gasteiger partial charge in [-0.25, -0.2) is 4.79 Å². The summed E-state index contributed by atoms with van der Waals surface area (Å²) in [5.41, 5.74) is 0.521. The molecule has 19 heavy (non-hydrogen) atoms. The van der Waals surface area contributed by atoms with E-state index in [9.17, 15) is 4.79 Å². The predicted octanol–water partition coefficient (Wildman–Crippen LogP) is 2.07. The van der Waals surface area contributed by atoms with Crippen LogP contribution in [0, 0.1) is 0 Å². The van der Waals surface area contributed by atoms with Crippen molar-refractivity contribution in [2.24, 2.45) is 0 Å². The van der Waals surface area contributed by atoms with Crippen molar-refractivity contribution in [2.75, 3.05) is 19.8 Å². The van der Waals surface area contributed by atoms with Gasteiger partial charge in [0.1, 0.15) is 11.3 Å². The van der Waals surface area contributed by atoms with Crippen LogP contribution in [0.25, 0.3) is 0 Å².